The van der Waals surface area contributed by atoms with Gasteiger partial charge in [0.2, 0.25) is 0 Å². The van der Waals surface area contributed by atoms with Crippen LogP contribution in [0, 0.1) is 0 Å². The number of H-pyrrole nitrogens is 1. The van der Waals surface area contributed by atoms with E-state index in [-0.39, 0.29) is 24.5 Å². The van der Waals surface area contributed by atoms with E-state index >= 15 is 0 Å². The van der Waals surface area contributed by atoms with Crippen LogP contribution >= 0.6 is 15.9 Å². The van der Waals surface area contributed by atoms with E-state index in [9.17, 15) is 9.59 Å². The van der Waals surface area contributed by atoms with Crippen LogP contribution in [0.25, 0.3) is 0 Å². The Labute approximate surface area is 101 Å². The summed E-state index contributed by atoms with van der Waals surface area (Å²) in [4.78, 5) is 25.5. The normalized spacial score (nSPS) is 9.94. The fourth-order valence-corrected chi connectivity index (χ4v) is 1.60. The van der Waals surface area contributed by atoms with Crippen LogP contribution in [0.2, 0.25) is 0 Å². The number of ether oxygens (including phenoxy) is 2. The summed E-state index contributed by atoms with van der Waals surface area (Å²) in [5.74, 6) is -0.986. The van der Waals surface area contributed by atoms with E-state index in [2.05, 4.69) is 20.9 Å². The maximum atomic E-state index is 11.4. The minimum Gasteiger partial charge on any atom is -0.462 e. The highest BCUT2D eigenvalue weighted by Crippen LogP contribution is 2.19. The molecule has 0 radical (unpaired) electrons. The Morgan fingerprint density at radius 2 is 1.81 bits per heavy atom. The molecule has 16 heavy (non-hydrogen) atoms. The highest BCUT2D eigenvalue weighted by Gasteiger charge is 2.18. The van der Waals surface area contributed by atoms with Crippen molar-refractivity contribution in [1.29, 1.82) is 0 Å². The molecule has 0 saturated heterocycles. The van der Waals surface area contributed by atoms with Crippen molar-refractivity contribution in [2.24, 2.45) is 0 Å². The molecule has 0 aliphatic heterocycles. The molecule has 0 fully saturated rings. The van der Waals surface area contributed by atoms with Crippen molar-refractivity contribution in [2.75, 3.05) is 13.2 Å². The lowest BCUT2D eigenvalue weighted by molar-refractivity contribution is 0.0518. The van der Waals surface area contributed by atoms with Gasteiger partial charge in [-0.15, -0.1) is 0 Å². The summed E-state index contributed by atoms with van der Waals surface area (Å²) in [6.07, 6.45) is 0. The van der Waals surface area contributed by atoms with E-state index in [1.165, 1.54) is 6.07 Å². The molecule has 0 atom stereocenters. The van der Waals surface area contributed by atoms with E-state index in [0.29, 0.717) is 4.60 Å². The smallest absolute Gasteiger partial charge is 0.354 e. The summed E-state index contributed by atoms with van der Waals surface area (Å²) in [7, 11) is 0. The van der Waals surface area contributed by atoms with Gasteiger partial charge in [-0.1, -0.05) is 0 Å². The van der Waals surface area contributed by atoms with Gasteiger partial charge in [0.05, 0.1) is 23.4 Å². The van der Waals surface area contributed by atoms with Gasteiger partial charge in [-0.3, -0.25) is 0 Å². The number of hydrogen-bond acceptors (Lipinski definition) is 4. The molecule has 0 saturated carbocycles. The van der Waals surface area contributed by atoms with Crippen LogP contribution in [0.3, 0.4) is 0 Å². The molecule has 1 N–H and O–H groups in total. The average molecular weight is 290 g/mol. The maximum Gasteiger partial charge on any atom is 0.354 e. The SMILES string of the molecule is CCOC(=O)c1cc(C(=O)OCC)c(Br)[nH]1. The first kappa shape index (κ1) is 12.8. The van der Waals surface area contributed by atoms with Gasteiger partial charge >= 0.3 is 11.9 Å². The third-order valence-electron chi connectivity index (χ3n) is 1.76. The monoisotopic (exact) mass is 289 g/mol. The molecular weight excluding hydrogens is 278 g/mol. The molecule has 0 aliphatic rings. The lowest BCUT2D eigenvalue weighted by atomic mass is 10.3. The molecule has 0 aliphatic carbocycles. The minimum absolute atomic E-state index is 0.219. The van der Waals surface area contributed by atoms with Gasteiger partial charge in [0.1, 0.15) is 5.69 Å². The second kappa shape index (κ2) is 5.69. The van der Waals surface area contributed by atoms with E-state index in [1.54, 1.807) is 13.8 Å². The van der Waals surface area contributed by atoms with E-state index in [4.69, 9.17) is 9.47 Å². The van der Waals surface area contributed by atoms with Crippen molar-refractivity contribution in [3.8, 4) is 0 Å². The predicted molar refractivity (Wildman–Crippen MR) is 60.4 cm³/mol. The Balaban J connectivity index is 2.89. The molecule has 5 nitrogen and oxygen atoms in total. The minimum atomic E-state index is -0.501. The van der Waals surface area contributed by atoms with Crippen molar-refractivity contribution in [1.82, 2.24) is 4.98 Å². The summed E-state index contributed by atoms with van der Waals surface area (Å²) >= 11 is 3.14. The second-order valence-electron chi connectivity index (χ2n) is 2.85. The van der Waals surface area contributed by atoms with Crippen molar-refractivity contribution < 1.29 is 19.1 Å². The molecule has 0 unspecified atom stereocenters. The molecule has 1 aromatic rings. The Kier molecular flexibility index (Phi) is 4.54. The molecule has 0 bridgehead atoms. The van der Waals surface area contributed by atoms with Crippen molar-refractivity contribution in [3.63, 3.8) is 0 Å². The highest BCUT2D eigenvalue weighted by atomic mass is 79.9. The van der Waals surface area contributed by atoms with Crippen molar-refractivity contribution in [2.45, 2.75) is 13.8 Å². The number of nitrogens with one attached hydrogen (secondary N) is 1. The number of aromatic amines is 1. The topological polar surface area (TPSA) is 68.4 Å². The summed E-state index contributed by atoms with van der Waals surface area (Å²) in [6.45, 7) is 3.99. The van der Waals surface area contributed by atoms with E-state index in [1.807, 2.05) is 0 Å². The highest BCUT2D eigenvalue weighted by molar-refractivity contribution is 9.10. The molecule has 1 aromatic heterocycles. The Hall–Kier alpha value is -1.30. The first-order valence-corrected chi connectivity index (χ1v) is 5.62. The lowest BCUT2D eigenvalue weighted by Crippen LogP contribution is -2.05. The van der Waals surface area contributed by atoms with Gasteiger partial charge in [-0.05, 0) is 35.8 Å². The number of carbonyl (C=O) groups excluding carboxylic acids is 2. The fraction of sp³-hybridized carbons (Fsp3) is 0.400. The summed E-state index contributed by atoms with van der Waals surface area (Å²) in [5.41, 5.74) is 0.502. The first-order chi connectivity index (χ1) is 7.60. The van der Waals surface area contributed by atoms with Gasteiger partial charge < -0.3 is 14.5 Å². The fourth-order valence-electron chi connectivity index (χ4n) is 1.11. The third kappa shape index (κ3) is 2.85. The molecule has 0 aromatic carbocycles. The number of esters is 2. The summed E-state index contributed by atoms with van der Waals surface area (Å²) in [6, 6.07) is 1.40. The van der Waals surface area contributed by atoms with Crippen LogP contribution in [0.5, 0.6) is 0 Å². The number of hydrogen-bond donors (Lipinski definition) is 1. The largest absolute Gasteiger partial charge is 0.462 e. The van der Waals surface area contributed by atoms with Gasteiger partial charge in [0.15, 0.2) is 0 Å². The van der Waals surface area contributed by atoms with Crippen LogP contribution in [0.15, 0.2) is 10.7 Å². The molecule has 1 heterocycles. The zero-order valence-corrected chi connectivity index (χ0v) is 10.6. The van der Waals surface area contributed by atoms with Crippen LogP contribution in [-0.4, -0.2) is 30.1 Å². The summed E-state index contributed by atoms with van der Waals surface area (Å²) < 4.78 is 10.0. The van der Waals surface area contributed by atoms with Crippen molar-refractivity contribution in [3.05, 3.63) is 21.9 Å². The molecule has 88 valence electrons. The summed E-state index contributed by atoms with van der Waals surface area (Å²) in [5, 5.41) is 0. The Bertz CT molecular complexity index is 400. The Morgan fingerprint density at radius 3 is 2.38 bits per heavy atom. The van der Waals surface area contributed by atoms with E-state index in [0.717, 1.165) is 0 Å². The van der Waals surface area contributed by atoms with Gasteiger partial charge in [0, 0.05) is 0 Å². The first-order valence-electron chi connectivity index (χ1n) is 4.82. The average Bonchev–Trinajstić information content (AvgIpc) is 2.61. The zero-order chi connectivity index (χ0) is 12.1. The molecule has 6 heteroatoms. The number of aromatic nitrogens is 1. The van der Waals surface area contributed by atoms with E-state index < -0.39 is 11.9 Å². The molecule has 0 spiro atoms. The van der Waals surface area contributed by atoms with Gasteiger partial charge in [-0.25, -0.2) is 9.59 Å². The van der Waals surface area contributed by atoms with Crippen molar-refractivity contribution >= 4 is 27.9 Å². The third-order valence-corrected chi connectivity index (χ3v) is 2.39. The number of rotatable bonds is 4. The molecule has 0 amide bonds. The maximum absolute atomic E-state index is 11.4. The second-order valence-corrected chi connectivity index (χ2v) is 3.64. The number of carbonyl (C=O) groups is 2. The quantitative estimate of drug-likeness (QED) is 0.862. The lowest BCUT2D eigenvalue weighted by Gasteiger charge is -1.98. The zero-order valence-electron chi connectivity index (χ0n) is 9.00. The van der Waals surface area contributed by atoms with Gasteiger partial charge in [0.25, 0.3) is 0 Å². The van der Waals surface area contributed by atoms with Crippen LogP contribution in [0.4, 0.5) is 0 Å². The molecular formula is C10H12BrNO4. The number of halogens is 1. The Morgan fingerprint density at radius 1 is 1.25 bits per heavy atom. The van der Waals surface area contributed by atoms with Gasteiger partial charge in [-0.2, -0.15) is 0 Å². The standard InChI is InChI=1S/C10H12BrNO4/c1-3-15-9(13)6-5-7(12-8(6)11)10(14)16-4-2/h5,12H,3-4H2,1-2H3. The van der Waals surface area contributed by atoms with Crippen LogP contribution in [0.1, 0.15) is 34.7 Å². The predicted octanol–water partition coefficient (Wildman–Crippen LogP) is 2.13. The molecule has 1 rings (SSSR count). The van der Waals surface area contributed by atoms with Crippen LogP contribution in [-0.2, 0) is 9.47 Å². The van der Waals surface area contributed by atoms with Crippen LogP contribution < -0.4 is 0 Å².